The molecule has 4 nitrogen and oxygen atoms in total. The molecule has 2 spiro atoms. The highest BCUT2D eigenvalue weighted by molar-refractivity contribution is 6.07. The van der Waals surface area contributed by atoms with Gasteiger partial charge in [-0.05, 0) is 66.8 Å². The fourth-order valence-electron chi connectivity index (χ4n) is 12.0. The number of benzene rings is 1. The lowest BCUT2D eigenvalue weighted by Crippen LogP contribution is -2.82. The lowest BCUT2D eigenvalue weighted by atomic mass is 9.29. The molecule has 7 saturated carbocycles. The van der Waals surface area contributed by atoms with Crippen LogP contribution >= 0.6 is 0 Å². The Morgan fingerprint density at radius 1 is 1.17 bits per heavy atom. The number of nitriles is 1. The Morgan fingerprint density at radius 3 is 2.76 bits per heavy atom. The molecular formula is C25H21NO3. The lowest BCUT2D eigenvalue weighted by Gasteiger charge is -2.73. The van der Waals surface area contributed by atoms with Gasteiger partial charge in [-0.2, -0.15) is 5.26 Å². The smallest absolute Gasteiger partial charge is 0.166 e. The summed E-state index contributed by atoms with van der Waals surface area (Å²) in [5, 5.41) is 10.4. The van der Waals surface area contributed by atoms with Gasteiger partial charge in [0.05, 0.1) is 28.6 Å². The normalized spacial score (nSPS) is 67.1. The third kappa shape index (κ3) is 0.860. The van der Waals surface area contributed by atoms with Crippen LogP contribution in [0.1, 0.15) is 31.2 Å². The van der Waals surface area contributed by atoms with Crippen LogP contribution in [-0.4, -0.2) is 23.8 Å². The van der Waals surface area contributed by atoms with Crippen LogP contribution < -0.4 is 0 Å². The molecule has 8 aliphatic rings. The molecule has 1 heterocycles. The van der Waals surface area contributed by atoms with Gasteiger partial charge in [-0.3, -0.25) is 4.79 Å². The van der Waals surface area contributed by atoms with E-state index in [0.717, 1.165) is 25.7 Å². The summed E-state index contributed by atoms with van der Waals surface area (Å²) in [6.07, 6.45) is 5.02. The number of carbonyl (C=O) groups is 2. The molecule has 12 atom stereocenters. The van der Waals surface area contributed by atoms with E-state index < -0.39 is 21.8 Å². The van der Waals surface area contributed by atoms with Crippen molar-refractivity contribution in [3.05, 3.63) is 35.9 Å². The van der Waals surface area contributed by atoms with Gasteiger partial charge in [0, 0.05) is 5.41 Å². The van der Waals surface area contributed by atoms with Crippen molar-refractivity contribution in [3.8, 4) is 6.07 Å². The van der Waals surface area contributed by atoms with Gasteiger partial charge in [0.15, 0.2) is 5.78 Å². The van der Waals surface area contributed by atoms with Gasteiger partial charge in [0.1, 0.15) is 11.7 Å². The topological polar surface area (TPSA) is 67.2 Å². The molecule has 1 aromatic carbocycles. The molecule has 9 rings (SSSR count). The van der Waals surface area contributed by atoms with Crippen molar-refractivity contribution in [2.75, 3.05) is 0 Å². The third-order valence-electron chi connectivity index (χ3n) is 12.0. The number of ether oxygens (including phenoxy) is 1. The summed E-state index contributed by atoms with van der Waals surface area (Å²) in [4.78, 5) is 27.6. The van der Waals surface area contributed by atoms with Crippen molar-refractivity contribution in [2.45, 2.75) is 42.8 Å². The number of carbonyl (C=O) groups excluding carboxylic acids is 2. The van der Waals surface area contributed by atoms with Crippen molar-refractivity contribution < 1.29 is 14.3 Å². The molecule has 4 heteroatoms. The Bertz CT molecular complexity index is 1140. The van der Waals surface area contributed by atoms with Crippen molar-refractivity contribution in [1.29, 1.82) is 5.26 Å². The van der Waals surface area contributed by atoms with Gasteiger partial charge in [-0.15, -0.1) is 0 Å². The predicted octanol–water partition coefficient (Wildman–Crippen LogP) is 2.67. The van der Waals surface area contributed by atoms with E-state index in [4.69, 9.17) is 4.74 Å². The SMILES string of the molecule is N#CC12C(=O)[C@]34[C@@H]5[C@H]6[C@H](CC[C@H]51)[C@H]2O[C@@]63[C@@H]1C[C@H]2C(c3ccccc3)(C1)C24C=O. The molecule has 4 bridgehead atoms. The first-order valence-corrected chi connectivity index (χ1v) is 11.3. The zero-order valence-corrected chi connectivity index (χ0v) is 16.0. The Balaban J connectivity index is 1.40. The number of fused-ring (bicyclic) bond motifs is 6. The summed E-state index contributed by atoms with van der Waals surface area (Å²) in [5.41, 5.74) is -1.77. The predicted molar refractivity (Wildman–Crippen MR) is 99.1 cm³/mol. The van der Waals surface area contributed by atoms with Crippen molar-refractivity contribution in [2.24, 2.45) is 51.8 Å². The molecule has 0 amide bonds. The average Bonchev–Trinajstić information content (AvgIpc) is 2.98. The minimum Gasteiger partial charge on any atom is -0.368 e. The van der Waals surface area contributed by atoms with Crippen LogP contribution in [0.25, 0.3) is 0 Å². The Hall–Kier alpha value is -1.99. The van der Waals surface area contributed by atoms with E-state index >= 15 is 0 Å². The number of hydrogen-bond acceptors (Lipinski definition) is 4. The summed E-state index contributed by atoms with van der Waals surface area (Å²) in [6.45, 7) is 0. The van der Waals surface area contributed by atoms with Crippen LogP contribution in [-0.2, 0) is 19.7 Å². The number of hydrogen-bond donors (Lipinski definition) is 0. The number of nitrogens with zero attached hydrogens (tertiary/aromatic N) is 1. The number of rotatable bonds is 2. The highest BCUT2D eigenvalue weighted by Crippen LogP contribution is 3.02. The molecule has 0 radical (unpaired) electrons. The molecule has 1 aliphatic heterocycles. The number of aldehydes is 1. The Kier molecular flexibility index (Phi) is 1.86. The molecule has 8 fully saturated rings. The fraction of sp³-hybridized carbons (Fsp3) is 0.640. The molecule has 0 aromatic heterocycles. The molecular weight excluding hydrogens is 362 g/mol. The zero-order valence-electron chi connectivity index (χ0n) is 16.0. The van der Waals surface area contributed by atoms with Crippen LogP contribution in [0.15, 0.2) is 30.3 Å². The van der Waals surface area contributed by atoms with Gasteiger partial charge < -0.3 is 9.53 Å². The molecule has 3 unspecified atom stereocenters. The second kappa shape index (κ2) is 3.62. The first kappa shape index (κ1) is 14.9. The standard InChI is InChI=1S/C25H21NO3/c26-10-21-15-7-6-14-17-18(15)24(20(21)28)23(11-27)16-8-13(25(17,24)29-19(14)21)9-22(16,23)12-4-2-1-3-5-12/h1-5,11,13-19H,6-9H2/t13-,14+,15-,16+,17-,18+,19-,21?,22?,23?,24+,25+/m1/s1. The van der Waals surface area contributed by atoms with Crippen LogP contribution in [0.4, 0.5) is 0 Å². The second-order valence-corrected chi connectivity index (χ2v) is 11.4. The number of ketones is 1. The van der Waals surface area contributed by atoms with E-state index in [-0.39, 0.29) is 35.1 Å². The molecule has 29 heavy (non-hydrogen) atoms. The quantitative estimate of drug-likeness (QED) is 0.737. The fourth-order valence-corrected chi connectivity index (χ4v) is 12.0. The molecule has 144 valence electrons. The van der Waals surface area contributed by atoms with Crippen molar-refractivity contribution >= 4 is 12.1 Å². The summed E-state index contributed by atoms with van der Waals surface area (Å²) < 4.78 is 6.95. The second-order valence-electron chi connectivity index (χ2n) is 11.4. The zero-order chi connectivity index (χ0) is 19.2. The Labute approximate surface area is 168 Å². The summed E-state index contributed by atoms with van der Waals surface area (Å²) in [7, 11) is 0. The monoisotopic (exact) mass is 383 g/mol. The van der Waals surface area contributed by atoms with Crippen LogP contribution in [0.5, 0.6) is 0 Å². The maximum Gasteiger partial charge on any atom is 0.166 e. The lowest BCUT2D eigenvalue weighted by molar-refractivity contribution is -0.316. The Morgan fingerprint density at radius 2 is 2.00 bits per heavy atom. The van der Waals surface area contributed by atoms with Gasteiger partial charge in [0.25, 0.3) is 0 Å². The molecule has 1 saturated heterocycles. The van der Waals surface area contributed by atoms with Gasteiger partial charge >= 0.3 is 0 Å². The first-order valence-electron chi connectivity index (χ1n) is 11.3. The summed E-state index contributed by atoms with van der Waals surface area (Å²) in [5.74, 6) is 1.82. The van der Waals surface area contributed by atoms with E-state index in [1.165, 1.54) is 11.8 Å². The van der Waals surface area contributed by atoms with Crippen molar-refractivity contribution in [1.82, 2.24) is 0 Å². The molecule has 0 N–H and O–H groups in total. The maximum absolute atomic E-state index is 14.4. The maximum atomic E-state index is 14.4. The minimum absolute atomic E-state index is 0.110. The first-order chi connectivity index (χ1) is 14.1. The van der Waals surface area contributed by atoms with E-state index in [1.54, 1.807) is 0 Å². The summed E-state index contributed by atoms with van der Waals surface area (Å²) in [6, 6.07) is 13.0. The van der Waals surface area contributed by atoms with Gasteiger partial charge in [-0.25, -0.2) is 0 Å². The van der Waals surface area contributed by atoms with Crippen molar-refractivity contribution in [3.63, 3.8) is 0 Å². The third-order valence-corrected chi connectivity index (χ3v) is 12.0. The van der Waals surface area contributed by atoms with Crippen LogP contribution in [0, 0.1) is 63.1 Å². The van der Waals surface area contributed by atoms with E-state index in [2.05, 4.69) is 30.3 Å². The molecule has 7 aliphatic carbocycles. The van der Waals surface area contributed by atoms with Gasteiger partial charge in [-0.1, -0.05) is 30.3 Å². The van der Waals surface area contributed by atoms with E-state index in [0.29, 0.717) is 17.8 Å². The van der Waals surface area contributed by atoms with Crippen LogP contribution in [0.3, 0.4) is 0 Å². The average molecular weight is 383 g/mol. The highest BCUT2D eigenvalue weighted by atomic mass is 16.5. The van der Waals surface area contributed by atoms with Crippen LogP contribution in [0.2, 0.25) is 0 Å². The molecule has 1 aromatic rings. The van der Waals surface area contributed by atoms with E-state index in [9.17, 15) is 14.9 Å². The highest BCUT2D eigenvalue weighted by Gasteiger charge is 3.09. The largest absolute Gasteiger partial charge is 0.368 e. The summed E-state index contributed by atoms with van der Waals surface area (Å²) >= 11 is 0. The number of Topliss-reactive ketones (excluding diaryl/α,β-unsaturated/α-hetero) is 1. The van der Waals surface area contributed by atoms with Gasteiger partial charge in [0.2, 0.25) is 0 Å². The van der Waals surface area contributed by atoms with E-state index in [1.807, 2.05) is 6.07 Å². The minimum atomic E-state index is -0.977.